The van der Waals surface area contributed by atoms with Crippen LogP contribution in [0.2, 0.25) is 0 Å². The van der Waals surface area contributed by atoms with Crippen molar-refractivity contribution in [2.45, 2.75) is 13.8 Å². The first kappa shape index (κ1) is 18.9. The first-order valence-corrected chi connectivity index (χ1v) is 9.58. The van der Waals surface area contributed by atoms with Crippen LogP contribution in [0.5, 0.6) is 0 Å². The number of piperazine rings is 1. The van der Waals surface area contributed by atoms with Crippen LogP contribution in [0.1, 0.15) is 21.6 Å². The van der Waals surface area contributed by atoms with Crippen LogP contribution in [-0.4, -0.2) is 64.5 Å². The summed E-state index contributed by atoms with van der Waals surface area (Å²) < 4.78 is 5.25. The van der Waals surface area contributed by atoms with Gasteiger partial charge in [0.1, 0.15) is 5.69 Å². The maximum absolute atomic E-state index is 12.4. The monoisotopic (exact) mass is 393 g/mol. The number of carbonyl (C=O) groups excluding carboxylic acids is 2. The van der Waals surface area contributed by atoms with E-state index in [2.05, 4.69) is 21.0 Å². The average Bonchev–Trinajstić information content (AvgIpc) is 3.17. The van der Waals surface area contributed by atoms with Gasteiger partial charge in [0.15, 0.2) is 6.61 Å². The van der Waals surface area contributed by atoms with Gasteiger partial charge in [0.05, 0.1) is 0 Å². The van der Waals surface area contributed by atoms with Gasteiger partial charge in [-0.25, -0.2) is 14.8 Å². The van der Waals surface area contributed by atoms with E-state index in [0.29, 0.717) is 37.8 Å². The Morgan fingerprint density at radius 1 is 1.07 bits per heavy atom. The number of fused-ring (bicyclic) bond motifs is 1. The van der Waals surface area contributed by atoms with Crippen molar-refractivity contribution in [1.82, 2.24) is 19.9 Å². The Morgan fingerprint density at radius 2 is 1.79 bits per heavy atom. The highest BCUT2D eigenvalue weighted by Crippen LogP contribution is 2.22. The molecule has 150 valence electrons. The van der Waals surface area contributed by atoms with Crippen molar-refractivity contribution in [3.8, 4) is 0 Å². The number of benzene rings is 1. The molecule has 0 unspecified atom stereocenters. The predicted molar refractivity (Wildman–Crippen MR) is 109 cm³/mol. The van der Waals surface area contributed by atoms with E-state index in [1.54, 1.807) is 29.4 Å². The van der Waals surface area contributed by atoms with Crippen molar-refractivity contribution in [3.05, 3.63) is 53.5 Å². The van der Waals surface area contributed by atoms with Crippen LogP contribution in [0.4, 0.5) is 5.95 Å². The summed E-state index contributed by atoms with van der Waals surface area (Å²) in [6.45, 7) is 6.11. The molecule has 8 heteroatoms. The molecule has 0 radical (unpaired) electrons. The Kier molecular flexibility index (Phi) is 5.16. The lowest BCUT2D eigenvalue weighted by atomic mass is 10.1. The van der Waals surface area contributed by atoms with Gasteiger partial charge in [-0.1, -0.05) is 6.07 Å². The zero-order chi connectivity index (χ0) is 20.4. The minimum absolute atomic E-state index is 0.199. The van der Waals surface area contributed by atoms with E-state index in [-0.39, 0.29) is 12.5 Å². The van der Waals surface area contributed by atoms with Gasteiger partial charge in [0.25, 0.3) is 5.91 Å². The molecule has 8 nitrogen and oxygen atoms in total. The fourth-order valence-corrected chi connectivity index (χ4v) is 3.62. The molecule has 1 aliphatic heterocycles. The number of H-pyrrole nitrogens is 1. The number of aromatic amines is 1. The fourth-order valence-electron chi connectivity index (χ4n) is 3.62. The maximum atomic E-state index is 12.4. The number of anilines is 1. The molecule has 1 aliphatic rings. The topological polar surface area (TPSA) is 91.4 Å². The Bertz CT molecular complexity index is 1040. The van der Waals surface area contributed by atoms with E-state index in [1.807, 2.05) is 24.8 Å². The van der Waals surface area contributed by atoms with Crippen molar-refractivity contribution in [2.75, 3.05) is 37.7 Å². The lowest BCUT2D eigenvalue weighted by molar-refractivity contribution is -0.134. The molecule has 0 saturated carbocycles. The quantitative estimate of drug-likeness (QED) is 0.683. The number of hydrogen-bond acceptors (Lipinski definition) is 6. The molecule has 3 aromatic rings. The molecule has 0 atom stereocenters. The third kappa shape index (κ3) is 4.06. The number of ether oxygens (including phenoxy) is 1. The molecule has 1 fully saturated rings. The van der Waals surface area contributed by atoms with E-state index < -0.39 is 5.97 Å². The van der Waals surface area contributed by atoms with Gasteiger partial charge in [0, 0.05) is 49.5 Å². The second kappa shape index (κ2) is 7.90. The number of rotatable bonds is 4. The third-order valence-corrected chi connectivity index (χ3v) is 5.10. The molecule has 3 heterocycles. The second-order valence-electron chi connectivity index (χ2n) is 7.22. The van der Waals surface area contributed by atoms with Crippen LogP contribution in [0, 0.1) is 13.8 Å². The van der Waals surface area contributed by atoms with Gasteiger partial charge in [-0.2, -0.15) is 0 Å². The predicted octanol–water partition coefficient (Wildman–Crippen LogP) is 2.08. The van der Waals surface area contributed by atoms with Crippen LogP contribution in [0.15, 0.2) is 36.7 Å². The Hall–Kier alpha value is -3.42. The fraction of sp³-hybridized carbons (Fsp3) is 0.333. The molecule has 1 aromatic carbocycles. The number of esters is 1. The molecule has 1 amide bonds. The van der Waals surface area contributed by atoms with Gasteiger partial charge in [0.2, 0.25) is 5.95 Å². The highest BCUT2D eigenvalue weighted by atomic mass is 16.5. The number of aromatic nitrogens is 3. The number of aryl methyl sites for hydroxylation is 2. The van der Waals surface area contributed by atoms with Crippen molar-refractivity contribution in [1.29, 1.82) is 0 Å². The second-order valence-corrected chi connectivity index (χ2v) is 7.22. The largest absolute Gasteiger partial charge is 0.451 e. The molecule has 4 rings (SSSR count). The molecular weight excluding hydrogens is 370 g/mol. The van der Waals surface area contributed by atoms with Crippen molar-refractivity contribution in [2.24, 2.45) is 0 Å². The molecule has 29 heavy (non-hydrogen) atoms. The van der Waals surface area contributed by atoms with E-state index in [0.717, 1.165) is 22.0 Å². The average molecular weight is 393 g/mol. The number of amides is 1. The minimum atomic E-state index is -0.525. The van der Waals surface area contributed by atoms with E-state index in [9.17, 15) is 9.59 Å². The number of nitrogens with one attached hydrogen (secondary N) is 1. The summed E-state index contributed by atoms with van der Waals surface area (Å²) in [5, 5.41) is 0.980. The summed E-state index contributed by atoms with van der Waals surface area (Å²) in [4.78, 5) is 40.1. The van der Waals surface area contributed by atoms with Gasteiger partial charge in [-0.3, -0.25) is 4.79 Å². The number of hydrogen-bond donors (Lipinski definition) is 1. The standard InChI is InChI=1S/C21H23N5O3/c1-14-10-15(2)16-12-18(24-17(16)11-14)20(28)29-13-19(27)25-6-8-26(9-7-25)21-22-4-3-5-23-21/h3-5,10-12,24H,6-9,13H2,1-2H3. The lowest BCUT2D eigenvalue weighted by Gasteiger charge is -2.34. The van der Waals surface area contributed by atoms with Gasteiger partial charge < -0.3 is 19.5 Å². The van der Waals surface area contributed by atoms with Crippen LogP contribution in [-0.2, 0) is 9.53 Å². The number of nitrogens with zero attached hydrogens (tertiary/aromatic N) is 4. The number of carbonyl (C=O) groups is 2. The highest BCUT2D eigenvalue weighted by Gasteiger charge is 2.23. The molecule has 0 aliphatic carbocycles. The summed E-state index contributed by atoms with van der Waals surface area (Å²) in [6.07, 6.45) is 3.40. The normalized spacial score (nSPS) is 14.3. The summed E-state index contributed by atoms with van der Waals surface area (Å²) >= 11 is 0. The lowest BCUT2D eigenvalue weighted by Crippen LogP contribution is -2.50. The smallest absolute Gasteiger partial charge is 0.355 e. The van der Waals surface area contributed by atoms with Crippen LogP contribution < -0.4 is 4.90 Å². The Morgan fingerprint density at radius 3 is 2.52 bits per heavy atom. The van der Waals surface area contributed by atoms with Crippen molar-refractivity contribution < 1.29 is 14.3 Å². The highest BCUT2D eigenvalue weighted by molar-refractivity contribution is 5.97. The summed E-state index contributed by atoms with van der Waals surface area (Å²) in [5.74, 6) is -0.0617. The molecule has 2 aromatic heterocycles. The van der Waals surface area contributed by atoms with Crippen LogP contribution in [0.25, 0.3) is 10.9 Å². The van der Waals surface area contributed by atoms with Crippen molar-refractivity contribution >= 4 is 28.7 Å². The summed E-state index contributed by atoms with van der Waals surface area (Å²) in [5.41, 5.74) is 3.45. The minimum Gasteiger partial charge on any atom is -0.451 e. The first-order chi connectivity index (χ1) is 14.0. The van der Waals surface area contributed by atoms with E-state index in [1.165, 1.54) is 0 Å². The SMILES string of the molecule is Cc1cc(C)c2cc(C(=O)OCC(=O)N3CCN(c4ncccn4)CC3)[nH]c2c1. The maximum Gasteiger partial charge on any atom is 0.355 e. The van der Waals surface area contributed by atoms with Crippen molar-refractivity contribution in [3.63, 3.8) is 0 Å². The van der Waals surface area contributed by atoms with Crippen LogP contribution >= 0.6 is 0 Å². The van der Waals surface area contributed by atoms with E-state index >= 15 is 0 Å². The summed E-state index contributed by atoms with van der Waals surface area (Å²) in [6, 6.07) is 7.60. The van der Waals surface area contributed by atoms with Gasteiger partial charge in [-0.05, 0) is 43.2 Å². The van der Waals surface area contributed by atoms with Gasteiger partial charge >= 0.3 is 5.97 Å². The molecule has 0 spiro atoms. The molecule has 1 saturated heterocycles. The van der Waals surface area contributed by atoms with Crippen LogP contribution in [0.3, 0.4) is 0 Å². The zero-order valence-electron chi connectivity index (χ0n) is 16.5. The Balaban J connectivity index is 1.32. The third-order valence-electron chi connectivity index (χ3n) is 5.10. The molecular formula is C21H23N5O3. The Labute approximate surface area is 168 Å². The van der Waals surface area contributed by atoms with E-state index in [4.69, 9.17) is 4.74 Å². The van der Waals surface area contributed by atoms with Gasteiger partial charge in [-0.15, -0.1) is 0 Å². The zero-order valence-corrected chi connectivity index (χ0v) is 16.5. The molecule has 1 N–H and O–H groups in total. The summed E-state index contributed by atoms with van der Waals surface area (Å²) in [7, 11) is 0. The molecule has 0 bridgehead atoms. The first-order valence-electron chi connectivity index (χ1n) is 9.58.